The highest BCUT2D eigenvalue weighted by Gasteiger charge is 2.30. The molecule has 1 amide bonds. The fraction of sp³-hybridized carbons (Fsp3) is 0.375. The van der Waals surface area contributed by atoms with Crippen molar-refractivity contribution in [2.24, 2.45) is 0 Å². The minimum absolute atomic E-state index is 0.00980. The van der Waals surface area contributed by atoms with Gasteiger partial charge in [-0.2, -0.15) is 4.31 Å². The Morgan fingerprint density at radius 1 is 1.00 bits per heavy atom. The van der Waals surface area contributed by atoms with Crippen molar-refractivity contribution in [3.05, 3.63) is 64.9 Å². The molecule has 2 aliphatic rings. The molecule has 0 unspecified atom stereocenters. The van der Waals surface area contributed by atoms with Crippen LogP contribution in [-0.4, -0.2) is 49.7 Å². The number of sulfonamides is 1. The molecule has 7 heteroatoms. The van der Waals surface area contributed by atoms with Gasteiger partial charge in [-0.3, -0.25) is 4.79 Å². The van der Waals surface area contributed by atoms with Gasteiger partial charge in [-0.15, -0.1) is 0 Å². The molecule has 1 aliphatic carbocycles. The largest absolute Gasteiger partial charge is 0.464 e. The molecule has 0 atom stereocenters. The number of aryl methyl sites for hydroxylation is 3. The van der Waals surface area contributed by atoms with E-state index in [4.69, 9.17) is 4.42 Å². The highest BCUT2D eigenvalue weighted by atomic mass is 32.2. The summed E-state index contributed by atoms with van der Waals surface area (Å²) in [5.74, 6) is 0.00980. The summed E-state index contributed by atoms with van der Waals surface area (Å²) < 4.78 is 33.0. The smallest absolute Gasteiger partial charge is 0.243 e. The Bertz CT molecular complexity index is 1240. The summed E-state index contributed by atoms with van der Waals surface area (Å²) in [5.41, 5.74) is 5.48. The zero-order valence-corrected chi connectivity index (χ0v) is 18.5. The highest BCUT2D eigenvalue weighted by molar-refractivity contribution is 7.89. The lowest BCUT2D eigenvalue weighted by molar-refractivity contribution is -0.131. The van der Waals surface area contributed by atoms with E-state index in [1.807, 2.05) is 6.92 Å². The average molecular weight is 439 g/mol. The first kappa shape index (κ1) is 20.3. The number of rotatable bonds is 4. The number of fused-ring (bicyclic) bond motifs is 2. The molecule has 1 aliphatic heterocycles. The Labute approximate surface area is 182 Å². The topological polar surface area (TPSA) is 70.8 Å². The normalized spacial score (nSPS) is 17.3. The van der Waals surface area contributed by atoms with Crippen molar-refractivity contribution in [3.8, 4) is 0 Å². The molecule has 1 aromatic heterocycles. The van der Waals surface area contributed by atoms with Crippen LogP contribution in [0.4, 0.5) is 0 Å². The minimum atomic E-state index is -3.53. The van der Waals surface area contributed by atoms with Crippen LogP contribution < -0.4 is 0 Å². The van der Waals surface area contributed by atoms with E-state index in [2.05, 4.69) is 12.1 Å². The summed E-state index contributed by atoms with van der Waals surface area (Å²) in [6, 6.07) is 11.2. The van der Waals surface area contributed by atoms with E-state index >= 15 is 0 Å². The number of hydrogen-bond donors (Lipinski definition) is 0. The molecule has 5 rings (SSSR count). The number of nitrogens with zero attached hydrogens (tertiary/aromatic N) is 2. The molecule has 0 spiro atoms. The van der Waals surface area contributed by atoms with Crippen LogP contribution in [0.15, 0.2) is 52.0 Å². The van der Waals surface area contributed by atoms with Crippen molar-refractivity contribution in [1.29, 1.82) is 0 Å². The molecule has 3 aromatic rings. The van der Waals surface area contributed by atoms with Gasteiger partial charge < -0.3 is 9.32 Å². The quantitative estimate of drug-likeness (QED) is 0.627. The summed E-state index contributed by atoms with van der Waals surface area (Å²) in [7, 11) is -3.53. The van der Waals surface area contributed by atoms with Gasteiger partial charge >= 0.3 is 0 Å². The Balaban J connectivity index is 1.25. The monoisotopic (exact) mass is 438 g/mol. The van der Waals surface area contributed by atoms with E-state index in [1.165, 1.54) is 21.9 Å². The second kappa shape index (κ2) is 7.80. The Kier molecular flexibility index (Phi) is 5.10. The molecule has 1 fully saturated rings. The van der Waals surface area contributed by atoms with E-state index in [-0.39, 0.29) is 12.3 Å². The first-order valence-electron chi connectivity index (χ1n) is 10.8. The summed E-state index contributed by atoms with van der Waals surface area (Å²) in [6.45, 7) is 3.34. The first-order chi connectivity index (χ1) is 14.9. The fourth-order valence-electron chi connectivity index (χ4n) is 4.60. The molecule has 2 aromatic carbocycles. The van der Waals surface area contributed by atoms with E-state index < -0.39 is 10.0 Å². The summed E-state index contributed by atoms with van der Waals surface area (Å²) in [6.07, 6.45) is 5.32. The molecule has 31 heavy (non-hydrogen) atoms. The SMILES string of the molecule is Cc1ccc(S(=O)(=O)N2CCN(C(=O)Cc3coc4cc5c(cc34)CCC5)CC2)cc1. The zero-order chi connectivity index (χ0) is 21.6. The molecule has 0 bridgehead atoms. The number of furan rings is 1. The maximum atomic E-state index is 12.9. The van der Waals surface area contributed by atoms with Crippen LogP contribution in [0, 0.1) is 6.92 Å². The van der Waals surface area contributed by atoms with Gasteiger partial charge in [0.25, 0.3) is 0 Å². The van der Waals surface area contributed by atoms with Crippen LogP contribution in [0.25, 0.3) is 11.0 Å². The number of hydrogen-bond acceptors (Lipinski definition) is 4. The third-order valence-corrected chi connectivity index (χ3v) is 8.37. The first-order valence-corrected chi connectivity index (χ1v) is 12.2. The number of amides is 1. The predicted octanol–water partition coefficient (Wildman–Crippen LogP) is 3.31. The Morgan fingerprint density at radius 2 is 1.68 bits per heavy atom. The van der Waals surface area contributed by atoms with Gasteiger partial charge in [0.1, 0.15) is 5.58 Å². The highest BCUT2D eigenvalue weighted by Crippen LogP contribution is 2.31. The number of carbonyl (C=O) groups is 1. The van der Waals surface area contributed by atoms with Crippen molar-refractivity contribution in [2.45, 2.75) is 37.5 Å². The van der Waals surface area contributed by atoms with Crippen LogP contribution >= 0.6 is 0 Å². The van der Waals surface area contributed by atoms with Gasteiger partial charge in [0.05, 0.1) is 17.6 Å². The van der Waals surface area contributed by atoms with Crippen LogP contribution in [-0.2, 0) is 34.1 Å². The lowest BCUT2D eigenvalue weighted by Crippen LogP contribution is -2.50. The average Bonchev–Trinajstić information content (AvgIpc) is 3.39. The molecule has 6 nitrogen and oxygen atoms in total. The van der Waals surface area contributed by atoms with Gasteiger partial charge in [-0.1, -0.05) is 17.7 Å². The number of piperazine rings is 1. The third-order valence-electron chi connectivity index (χ3n) is 6.46. The minimum Gasteiger partial charge on any atom is -0.464 e. The van der Waals surface area contributed by atoms with Crippen molar-refractivity contribution in [1.82, 2.24) is 9.21 Å². The Hall–Kier alpha value is -2.64. The Morgan fingerprint density at radius 3 is 2.39 bits per heavy atom. The standard InChI is InChI=1S/C24H26N2O4S/c1-17-5-7-21(8-6-17)31(28,29)26-11-9-25(10-12-26)24(27)15-20-16-30-23-14-19-4-2-3-18(19)13-22(20)23/h5-8,13-14,16H,2-4,9-12,15H2,1H3. The van der Waals surface area contributed by atoms with Crippen LogP contribution in [0.5, 0.6) is 0 Å². The molecule has 1 saturated heterocycles. The molecule has 162 valence electrons. The van der Waals surface area contributed by atoms with Crippen LogP contribution in [0.2, 0.25) is 0 Å². The molecule has 2 heterocycles. The lowest BCUT2D eigenvalue weighted by atomic mass is 10.0. The van der Waals surface area contributed by atoms with E-state index in [0.717, 1.165) is 34.9 Å². The van der Waals surface area contributed by atoms with E-state index in [1.54, 1.807) is 35.4 Å². The maximum absolute atomic E-state index is 12.9. The lowest BCUT2D eigenvalue weighted by Gasteiger charge is -2.34. The van der Waals surface area contributed by atoms with Crippen molar-refractivity contribution in [3.63, 3.8) is 0 Å². The van der Waals surface area contributed by atoms with E-state index in [9.17, 15) is 13.2 Å². The van der Waals surface area contributed by atoms with Crippen LogP contribution in [0.3, 0.4) is 0 Å². The fourth-order valence-corrected chi connectivity index (χ4v) is 6.02. The molecular formula is C24H26N2O4S. The summed E-state index contributed by atoms with van der Waals surface area (Å²) in [5, 5.41) is 1.02. The summed E-state index contributed by atoms with van der Waals surface area (Å²) in [4.78, 5) is 15.0. The molecular weight excluding hydrogens is 412 g/mol. The van der Waals surface area contributed by atoms with Crippen molar-refractivity contribution < 1.29 is 17.6 Å². The zero-order valence-electron chi connectivity index (χ0n) is 17.6. The van der Waals surface area contributed by atoms with Crippen molar-refractivity contribution >= 4 is 26.9 Å². The number of carbonyl (C=O) groups excluding carboxylic acids is 1. The van der Waals surface area contributed by atoms with Gasteiger partial charge in [0.15, 0.2) is 0 Å². The predicted molar refractivity (Wildman–Crippen MR) is 118 cm³/mol. The molecule has 0 N–H and O–H groups in total. The maximum Gasteiger partial charge on any atom is 0.243 e. The summed E-state index contributed by atoms with van der Waals surface area (Å²) >= 11 is 0. The van der Waals surface area contributed by atoms with E-state index in [0.29, 0.717) is 31.1 Å². The van der Waals surface area contributed by atoms with Gasteiger partial charge in [-0.05, 0) is 61.6 Å². The van der Waals surface area contributed by atoms with Gasteiger partial charge in [-0.25, -0.2) is 8.42 Å². The van der Waals surface area contributed by atoms with Crippen molar-refractivity contribution in [2.75, 3.05) is 26.2 Å². The second-order valence-electron chi connectivity index (χ2n) is 8.51. The molecule has 0 saturated carbocycles. The van der Waals surface area contributed by atoms with Gasteiger partial charge in [0, 0.05) is 37.1 Å². The third kappa shape index (κ3) is 3.77. The molecule has 0 radical (unpaired) electrons. The van der Waals surface area contributed by atoms with Crippen LogP contribution in [0.1, 0.15) is 28.7 Å². The number of benzene rings is 2. The van der Waals surface area contributed by atoms with Gasteiger partial charge in [0.2, 0.25) is 15.9 Å². The second-order valence-corrected chi connectivity index (χ2v) is 10.4.